The topological polar surface area (TPSA) is 98.7 Å². The van der Waals surface area contributed by atoms with Crippen LogP contribution >= 0.6 is 0 Å². The molecule has 1 aromatic rings. The van der Waals surface area contributed by atoms with E-state index in [1.165, 1.54) is 35.6 Å². The van der Waals surface area contributed by atoms with Gasteiger partial charge >= 0.3 is 6.03 Å². The molecule has 0 aliphatic heterocycles. The molecule has 1 rings (SSSR count). The third kappa shape index (κ3) is 7.40. The first kappa shape index (κ1) is 19.3. The Bertz CT molecular complexity index is 607. The Balaban J connectivity index is 2.23. The Morgan fingerprint density at radius 1 is 1.30 bits per heavy atom. The van der Waals surface area contributed by atoms with Crippen molar-refractivity contribution in [2.75, 3.05) is 32.9 Å². The lowest BCUT2D eigenvalue weighted by Gasteiger charge is -2.15. The van der Waals surface area contributed by atoms with Crippen LogP contribution in [0.3, 0.4) is 0 Å². The molecule has 0 fully saturated rings. The summed E-state index contributed by atoms with van der Waals surface area (Å²) in [5.41, 5.74) is 0.501. The van der Waals surface area contributed by atoms with Crippen LogP contribution in [0.1, 0.15) is 18.1 Å². The number of sulfonamides is 1. The van der Waals surface area contributed by atoms with Crippen molar-refractivity contribution >= 4 is 16.1 Å². The van der Waals surface area contributed by atoms with Crippen LogP contribution in [-0.2, 0) is 10.0 Å². The van der Waals surface area contributed by atoms with E-state index >= 15 is 0 Å². The molecule has 7 nitrogen and oxygen atoms in total. The molecule has 9 heteroatoms. The van der Waals surface area contributed by atoms with Gasteiger partial charge in [0.15, 0.2) is 0 Å². The molecule has 0 bridgehead atoms. The Labute approximate surface area is 135 Å². The number of benzene rings is 1. The molecule has 130 valence electrons. The predicted molar refractivity (Wildman–Crippen MR) is 84.9 cm³/mol. The first-order chi connectivity index (χ1) is 10.7. The van der Waals surface area contributed by atoms with E-state index in [4.69, 9.17) is 0 Å². The number of aliphatic hydroxyl groups excluding tert-OH is 1. The van der Waals surface area contributed by atoms with E-state index in [1.807, 2.05) is 0 Å². The molecule has 0 aliphatic carbocycles. The quantitative estimate of drug-likeness (QED) is 0.594. The highest BCUT2D eigenvalue weighted by atomic mass is 32.2. The van der Waals surface area contributed by atoms with Gasteiger partial charge in [-0.3, -0.25) is 0 Å². The average Bonchev–Trinajstić information content (AvgIpc) is 2.48. The van der Waals surface area contributed by atoms with Crippen LogP contribution in [0.5, 0.6) is 0 Å². The third-order valence-electron chi connectivity index (χ3n) is 3.21. The summed E-state index contributed by atoms with van der Waals surface area (Å²) < 4.78 is 36.3. The number of urea groups is 1. The lowest BCUT2D eigenvalue weighted by Crippen LogP contribution is -2.39. The number of nitrogens with one attached hydrogen (secondary N) is 2. The normalized spacial score (nSPS) is 12.9. The van der Waals surface area contributed by atoms with E-state index in [0.717, 1.165) is 6.26 Å². The van der Waals surface area contributed by atoms with E-state index in [-0.39, 0.29) is 6.54 Å². The van der Waals surface area contributed by atoms with Gasteiger partial charge in [-0.05, 0) is 24.1 Å². The maximum Gasteiger partial charge on any atom is 0.314 e. The fourth-order valence-corrected chi connectivity index (χ4v) is 2.18. The summed E-state index contributed by atoms with van der Waals surface area (Å²) in [5, 5.41) is 14.9. The van der Waals surface area contributed by atoms with Gasteiger partial charge in [-0.15, -0.1) is 0 Å². The predicted octanol–water partition coefficient (Wildman–Crippen LogP) is 0.440. The van der Waals surface area contributed by atoms with Crippen molar-refractivity contribution in [1.82, 2.24) is 14.9 Å². The van der Waals surface area contributed by atoms with Crippen molar-refractivity contribution in [2.24, 2.45) is 0 Å². The van der Waals surface area contributed by atoms with Gasteiger partial charge in [-0.2, -0.15) is 0 Å². The lowest BCUT2D eigenvalue weighted by molar-refractivity contribution is 0.173. The molecule has 3 N–H and O–H groups in total. The van der Waals surface area contributed by atoms with Gasteiger partial charge in [0.2, 0.25) is 10.0 Å². The lowest BCUT2D eigenvalue weighted by atomic mass is 10.1. The first-order valence-corrected chi connectivity index (χ1v) is 8.91. The number of amides is 2. The molecule has 0 aliphatic rings. The smallest absolute Gasteiger partial charge is 0.314 e. The molecule has 0 aromatic heterocycles. The summed E-state index contributed by atoms with van der Waals surface area (Å²) >= 11 is 0. The SMILES string of the molecule is CN(CCCNC(=O)NCC(O)c1ccc(F)cc1)S(C)(=O)=O. The van der Waals surface area contributed by atoms with E-state index in [9.17, 15) is 22.7 Å². The number of carbonyl (C=O) groups excluding carboxylic acids is 1. The van der Waals surface area contributed by atoms with Crippen molar-refractivity contribution in [2.45, 2.75) is 12.5 Å². The number of hydrogen-bond donors (Lipinski definition) is 3. The fraction of sp³-hybridized carbons (Fsp3) is 0.500. The van der Waals surface area contributed by atoms with Gasteiger partial charge < -0.3 is 15.7 Å². The molecule has 0 saturated heterocycles. The monoisotopic (exact) mass is 347 g/mol. The second-order valence-electron chi connectivity index (χ2n) is 5.14. The molecule has 1 atom stereocenters. The van der Waals surface area contributed by atoms with Crippen LogP contribution in [0, 0.1) is 5.82 Å². The summed E-state index contributed by atoms with van der Waals surface area (Å²) in [7, 11) is -1.75. The van der Waals surface area contributed by atoms with Crippen LogP contribution in [-0.4, -0.2) is 56.8 Å². The number of nitrogens with zero attached hydrogens (tertiary/aromatic N) is 1. The highest BCUT2D eigenvalue weighted by Gasteiger charge is 2.11. The van der Waals surface area contributed by atoms with Crippen LogP contribution in [0.4, 0.5) is 9.18 Å². The molecule has 0 saturated carbocycles. The van der Waals surface area contributed by atoms with Crippen molar-refractivity contribution in [3.8, 4) is 0 Å². The van der Waals surface area contributed by atoms with Crippen LogP contribution in [0.25, 0.3) is 0 Å². The molecule has 1 aromatic carbocycles. The zero-order valence-corrected chi connectivity index (χ0v) is 13.9. The van der Waals surface area contributed by atoms with Crippen molar-refractivity contribution in [1.29, 1.82) is 0 Å². The van der Waals surface area contributed by atoms with Crippen molar-refractivity contribution < 1.29 is 22.7 Å². The van der Waals surface area contributed by atoms with Gasteiger partial charge in [0.05, 0.1) is 12.4 Å². The largest absolute Gasteiger partial charge is 0.387 e. The summed E-state index contributed by atoms with van der Waals surface area (Å²) in [6, 6.07) is 4.89. The molecule has 0 heterocycles. The summed E-state index contributed by atoms with van der Waals surface area (Å²) in [5.74, 6) is -0.397. The first-order valence-electron chi connectivity index (χ1n) is 7.06. The van der Waals surface area contributed by atoms with Crippen LogP contribution in [0.15, 0.2) is 24.3 Å². The molecule has 1 unspecified atom stereocenters. The number of aliphatic hydroxyl groups is 1. The van der Waals surface area contributed by atoms with Gasteiger partial charge in [-0.25, -0.2) is 21.9 Å². The van der Waals surface area contributed by atoms with E-state index in [0.29, 0.717) is 25.1 Å². The number of carbonyl (C=O) groups is 1. The van der Waals surface area contributed by atoms with Gasteiger partial charge in [-0.1, -0.05) is 12.1 Å². The average molecular weight is 347 g/mol. The molecule has 23 heavy (non-hydrogen) atoms. The zero-order chi connectivity index (χ0) is 17.5. The standard InChI is InChI=1S/C14H22FN3O4S/c1-18(23(2,21)22)9-3-8-16-14(20)17-10-13(19)11-4-6-12(15)7-5-11/h4-7,13,19H,3,8-10H2,1-2H3,(H2,16,17,20). The fourth-order valence-electron chi connectivity index (χ4n) is 1.72. The third-order valence-corrected chi connectivity index (χ3v) is 4.53. The van der Waals surface area contributed by atoms with E-state index in [1.54, 1.807) is 0 Å². The summed E-state index contributed by atoms with van der Waals surface area (Å²) in [6.45, 7) is 0.594. The second-order valence-corrected chi connectivity index (χ2v) is 7.23. The summed E-state index contributed by atoms with van der Waals surface area (Å²) in [4.78, 5) is 11.5. The van der Waals surface area contributed by atoms with E-state index < -0.39 is 28.0 Å². The van der Waals surface area contributed by atoms with Crippen LogP contribution in [0.2, 0.25) is 0 Å². The Morgan fingerprint density at radius 3 is 2.48 bits per heavy atom. The minimum absolute atomic E-state index is 0.0132. The highest BCUT2D eigenvalue weighted by Crippen LogP contribution is 2.12. The van der Waals surface area contributed by atoms with Crippen LogP contribution < -0.4 is 10.6 Å². The van der Waals surface area contributed by atoms with Crippen molar-refractivity contribution in [3.63, 3.8) is 0 Å². The van der Waals surface area contributed by atoms with Gasteiger partial charge in [0.1, 0.15) is 5.82 Å². The summed E-state index contributed by atoms with van der Waals surface area (Å²) in [6.07, 6.45) is 0.652. The van der Waals surface area contributed by atoms with Gasteiger partial charge in [0, 0.05) is 26.7 Å². The number of halogens is 1. The second kappa shape index (κ2) is 8.80. The highest BCUT2D eigenvalue weighted by molar-refractivity contribution is 7.88. The molecular weight excluding hydrogens is 325 g/mol. The maximum atomic E-state index is 12.8. The Hall–Kier alpha value is -1.71. The minimum atomic E-state index is -3.21. The Kier molecular flexibility index (Phi) is 7.40. The Morgan fingerprint density at radius 2 is 1.91 bits per heavy atom. The number of rotatable bonds is 8. The van der Waals surface area contributed by atoms with E-state index in [2.05, 4.69) is 10.6 Å². The molecular formula is C14H22FN3O4S. The zero-order valence-electron chi connectivity index (χ0n) is 13.1. The number of hydrogen-bond acceptors (Lipinski definition) is 4. The molecule has 0 spiro atoms. The molecule has 2 amide bonds. The van der Waals surface area contributed by atoms with Gasteiger partial charge in [0.25, 0.3) is 0 Å². The molecule has 0 radical (unpaired) electrons. The van der Waals surface area contributed by atoms with Crippen molar-refractivity contribution in [3.05, 3.63) is 35.6 Å². The minimum Gasteiger partial charge on any atom is -0.387 e. The maximum absolute atomic E-state index is 12.8.